The average Bonchev–Trinajstić information content (AvgIpc) is 2.16. The fourth-order valence-corrected chi connectivity index (χ4v) is 1.06. The van der Waals surface area contributed by atoms with Crippen molar-refractivity contribution in [1.29, 1.82) is 0 Å². The zero-order valence-electron chi connectivity index (χ0n) is 5.98. The smallest absolute Gasteiger partial charge is 0.136 e. The molecule has 0 aromatic carbocycles. The van der Waals surface area contributed by atoms with Crippen molar-refractivity contribution < 1.29 is 4.79 Å². The van der Waals surface area contributed by atoms with Gasteiger partial charge in [0.15, 0.2) is 0 Å². The summed E-state index contributed by atoms with van der Waals surface area (Å²) in [5.41, 5.74) is -0.0556. The highest BCUT2D eigenvalue weighted by molar-refractivity contribution is 5.82. The van der Waals surface area contributed by atoms with Gasteiger partial charge in [-0.15, -0.1) is 0 Å². The Balaban J connectivity index is 2.66. The van der Waals surface area contributed by atoms with E-state index in [9.17, 15) is 4.79 Å². The van der Waals surface area contributed by atoms with E-state index in [4.69, 9.17) is 0 Å². The zero-order chi connectivity index (χ0) is 6.91. The molecule has 1 aliphatic carbocycles. The Morgan fingerprint density at radius 1 is 1.44 bits per heavy atom. The summed E-state index contributed by atoms with van der Waals surface area (Å²) in [6.45, 7) is 3.70. The Morgan fingerprint density at radius 3 is 2.11 bits per heavy atom. The molecular formula is C8H12O. The lowest BCUT2D eigenvalue weighted by Gasteiger charge is -2.18. The molecule has 1 aliphatic rings. The highest BCUT2D eigenvalue weighted by Gasteiger charge is 2.29. The first-order chi connectivity index (χ1) is 4.15. The Labute approximate surface area is 55.8 Å². The van der Waals surface area contributed by atoms with E-state index in [-0.39, 0.29) is 5.41 Å². The second-order valence-electron chi connectivity index (χ2n) is 3.00. The van der Waals surface area contributed by atoms with Gasteiger partial charge in [0.2, 0.25) is 0 Å². The van der Waals surface area contributed by atoms with Crippen molar-refractivity contribution in [2.45, 2.75) is 26.7 Å². The standard InChI is InChI=1S/C8H12O/c1-7(9)8(2)5-3-4-6-8/h3-4H,5-6H2,1-2H3. The van der Waals surface area contributed by atoms with Crippen LogP contribution in [0.4, 0.5) is 0 Å². The first-order valence-electron chi connectivity index (χ1n) is 3.31. The third-order valence-corrected chi connectivity index (χ3v) is 2.15. The molecule has 0 radical (unpaired) electrons. The number of hydrogen-bond donors (Lipinski definition) is 0. The average molecular weight is 124 g/mol. The summed E-state index contributed by atoms with van der Waals surface area (Å²) in [6, 6.07) is 0. The molecule has 0 aliphatic heterocycles. The minimum Gasteiger partial charge on any atom is -0.299 e. The third kappa shape index (κ3) is 1.04. The van der Waals surface area contributed by atoms with Gasteiger partial charge < -0.3 is 0 Å². The van der Waals surface area contributed by atoms with Gasteiger partial charge in [-0.2, -0.15) is 0 Å². The van der Waals surface area contributed by atoms with Crippen LogP contribution in [-0.4, -0.2) is 5.78 Å². The quantitative estimate of drug-likeness (QED) is 0.488. The number of Topliss-reactive ketones (excluding diaryl/α,β-unsaturated/α-hetero) is 1. The van der Waals surface area contributed by atoms with E-state index < -0.39 is 0 Å². The topological polar surface area (TPSA) is 17.1 Å². The number of carbonyl (C=O) groups is 1. The van der Waals surface area contributed by atoms with Gasteiger partial charge >= 0.3 is 0 Å². The molecule has 0 aromatic heterocycles. The van der Waals surface area contributed by atoms with E-state index in [1.165, 1.54) is 0 Å². The molecule has 50 valence electrons. The van der Waals surface area contributed by atoms with E-state index in [2.05, 4.69) is 12.2 Å². The number of hydrogen-bond acceptors (Lipinski definition) is 1. The van der Waals surface area contributed by atoms with Gasteiger partial charge in [-0.05, 0) is 19.8 Å². The normalized spacial score (nSPS) is 22.4. The molecular weight excluding hydrogens is 112 g/mol. The summed E-state index contributed by atoms with van der Waals surface area (Å²) in [5.74, 6) is 0.313. The highest BCUT2D eigenvalue weighted by atomic mass is 16.1. The lowest BCUT2D eigenvalue weighted by molar-refractivity contribution is -0.125. The summed E-state index contributed by atoms with van der Waals surface area (Å²) in [7, 11) is 0. The molecule has 0 unspecified atom stereocenters. The molecule has 0 N–H and O–H groups in total. The lowest BCUT2D eigenvalue weighted by Crippen LogP contribution is -2.21. The Bertz CT molecular complexity index is 148. The van der Waals surface area contributed by atoms with Crippen LogP contribution in [0.25, 0.3) is 0 Å². The Hall–Kier alpha value is -0.590. The number of rotatable bonds is 1. The summed E-state index contributed by atoms with van der Waals surface area (Å²) in [5, 5.41) is 0. The molecule has 0 saturated heterocycles. The highest BCUT2D eigenvalue weighted by Crippen LogP contribution is 2.32. The van der Waals surface area contributed by atoms with Crippen LogP contribution in [0.2, 0.25) is 0 Å². The maximum atomic E-state index is 10.9. The summed E-state index contributed by atoms with van der Waals surface area (Å²) < 4.78 is 0. The van der Waals surface area contributed by atoms with Crippen LogP contribution in [0.3, 0.4) is 0 Å². The van der Waals surface area contributed by atoms with Crippen molar-refractivity contribution in [3.8, 4) is 0 Å². The molecule has 0 spiro atoms. The van der Waals surface area contributed by atoms with Crippen LogP contribution in [0.1, 0.15) is 26.7 Å². The number of ketones is 1. The van der Waals surface area contributed by atoms with E-state index in [1.54, 1.807) is 6.92 Å². The molecule has 0 atom stereocenters. The van der Waals surface area contributed by atoms with Crippen molar-refractivity contribution in [1.82, 2.24) is 0 Å². The fraction of sp³-hybridized carbons (Fsp3) is 0.625. The van der Waals surface area contributed by atoms with Gasteiger partial charge in [-0.25, -0.2) is 0 Å². The van der Waals surface area contributed by atoms with Gasteiger partial charge in [0.05, 0.1) is 0 Å². The number of carbonyl (C=O) groups excluding carboxylic acids is 1. The monoisotopic (exact) mass is 124 g/mol. The molecule has 0 heterocycles. The van der Waals surface area contributed by atoms with Crippen molar-refractivity contribution in [2.75, 3.05) is 0 Å². The van der Waals surface area contributed by atoms with E-state index >= 15 is 0 Å². The summed E-state index contributed by atoms with van der Waals surface area (Å²) >= 11 is 0. The predicted molar refractivity (Wildman–Crippen MR) is 37.2 cm³/mol. The molecule has 0 bridgehead atoms. The van der Waals surface area contributed by atoms with Gasteiger partial charge in [0.25, 0.3) is 0 Å². The summed E-state index contributed by atoms with van der Waals surface area (Å²) in [4.78, 5) is 10.9. The molecule has 0 amide bonds. The molecule has 9 heavy (non-hydrogen) atoms. The second-order valence-corrected chi connectivity index (χ2v) is 3.00. The molecule has 0 fully saturated rings. The SMILES string of the molecule is CC(=O)C1(C)CC=CC1. The van der Waals surface area contributed by atoms with Crippen LogP contribution in [0, 0.1) is 5.41 Å². The second kappa shape index (κ2) is 1.98. The van der Waals surface area contributed by atoms with Crippen molar-refractivity contribution in [3.05, 3.63) is 12.2 Å². The molecule has 1 nitrogen and oxygen atoms in total. The van der Waals surface area contributed by atoms with Crippen LogP contribution in [0.5, 0.6) is 0 Å². The zero-order valence-corrected chi connectivity index (χ0v) is 5.98. The van der Waals surface area contributed by atoms with Crippen molar-refractivity contribution in [2.24, 2.45) is 5.41 Å². The molecule has 0 aromatic rings. The van der Waals surface area contributed by atoms with E-state index in [1.807, 2.05) is 6.92 Å². The third-order valence-electron chi connectivity index (χ3n) is 2.15. The first kappa shape index (κ1) is 6.53. The largest absolute Gasteiger partial charge is 0.299 e. The van der Waals surface area contributed by atoms with Gasteiger partial charge in [0, 0.05) is 5.41 Å². The van der Waals surface area contributed by atoms with E-state index in [0.29, 0.717) is 5.78 Å². The van der Waals surface area contributed by atoms with Crippen LogP contribution in [-0.2, 0) is 4.79 Å². The molecule has 1 rings (SSSR count). The molecule has 1 heteroatoms. The van der Waals surface area contributed by atoms with Gasteiger partial charge in [-0.1, -0.05) is 19.1 Å². The fourth-order valence-electron chi connectivity index (χ4n) is 1.06. The maximum Gasteiger partial charge on any atom is 0.136 e. The lowest BCUT2D eigenvalue weighted by atomic mass is 9.84. The Kier molecular flexibility index (Phi) is 1.43. The number of allylic oxidation sites excluding steroid dienone is 2. The van der Waals surface area contributed by atoms with Crippen molar-refractivity contribution in [3.63, 3.8) is 0 Å². The van der Waals surface area contributed by atoms with Crippen LogP contribution >= 0.6 is 0 Å². The summed E-state index contributed by atoms with van der Waals surface area (Å²) in [6.07, 6.45) is 6.04. The van der Waals surface area contributed by atoms with E-state index in [0.717, 1.165) is 12.8 Å². The minimum atomic E-state index is -0.0556. The molecule has 0 saturated carbocycles. The van der Waals surface area contributed by atoms with Crippen LogP contribution in [0.15, 0.2) is 12.2 Å². The minimum absolute atomic E-state index is 0.0556. The van der Waals surface area contributed by atoms with Crippen molar-refractivity contribution >= 4 is 5.78 Å². The van der Waals surface area contributed by atoms with Gasteiger partial charge in [-0.3, -0.25) is 4.79 Å². The predicted octanol–water partition coefficient (Wildman–Crippen LogP) is 1.93. The van der Waals surface area contributed by atoms with Crippen LogP contribution < -0.4 is 0 Å². The Morgan fingerprint density at radius 2 is 1.89 bits per heavy atom. The van der Waals surface area contributed by atoms with Gasteiger partial charge in [0.1, 0.15) is 5.78 Å². The first-order valence-corrected chi connectivity index (χ1v) is 3.31. The maximum absolute atomic E-state index is 10.9.